The van der Waals surface area contributed by atoms with Gasteiger partial charge in [-0.05, 0) is 252 Å². The van der Waals surface area contributed by atoms with Crippen molar-refractivity contribution in [3.8, 4) is 0 Å². The molecule has 3 aromatic carbocycles. The van der Waals surface area contributed by atoms with Gasteiger partial charge in [-0.1, -0.05) is 167 Å². The van der Waals surface area contributed by atoms with Gasteiger partial charge in [0, 0.05) is 55.6 Å². The number of alkyl carbamates (subject to hydrolysis) is 1. The van der Waals surface area contributed by atoms with E-state index in [9.17, 15) is 62.3 Å². The van der Waals surface area contributed by atoms with Gasteiger partial charge in [0.15, 0.2) is 18.3 Å². The molecule has 36 nitrogen and oxygen atoms in total. The highest BCUT2D eigenvalue weighted by molar-refractivity contribution is 6.67. The van der Waals surface area contributed by atoms with Crippen molar-refractivity contribution in [1.82, 2.24) is 78.2 Å². The lowest BCUT2D eigenvalue weighted by atomic mass is 9.73. The molecule has 0 saturated carbocycles. The smallest absolute Gasteiger partial charge is 0.408 e. The van der Waals surface area contributed by atoms with Gasteiger partial charge >= 0.3 is 30.0 Å². The number of nitrogens with one attached hydrogen (secondary N) is 9. The Labute approximate surface area is 880 Å². The first kappa shape index (κ1) is 115. The van der Waals surface area contributed by atoms with Crippen molar-refractivity contribution in [1.29, 1.82) is 0 Å². The molecule has 8 aliphatic heterocycles. The van der Waals surface area contributed by atoms with Gasteiger partial charge in [0.05, 0.1) is 84.8 Å². The molecule has 9 amide bonds. The highest BCUT2D eigenvalue weighted by atomic mass is 35.6. The number of carbonyl (C=O) groups excluding carboxylic acids is 13. The molecule has 2 spiro atoms. The summed E-state index contributed by atoms with van der Waals surface area (Å²) < 4.78 is 44.7. The number of fused-ring (bicyclic) bond motifs is 9. The average molecular weight is 2110 g/mol. The predicted octanol–water partition coefficient (Wildman–Crippen LogP) is 14.1. The maximum Gasteiger partial charge on any atom is 0.408 e. The number of halogens is 3. The van der Waals surface area contributed by atoms with Gasteiger partial charge in [0.2, 0.25) is 15.6 Å². The van der Waals surface area contributed by atoms with E-state index in [0.29, 0.717) is 120 Å². The van der Waals surface area contributed by atoms with Crippen molar-refractivity contribution in [2.45, 2.75) is 321 Å². The Morgan fingerprint density at radius 1 is 0.527 bits per heavy atom. The minimum atomic E-state index is -1.78. The first-order valence-corrected chi connectivity index (χ1v) is 52.4. The molecule has 6 saturated heterocycles. The van der Waals surface area contributed by atoms with Crippen LogP contribution < -0.4 is 48.2 Å². The zero-order valence-corrected chi connectivity index (χ0v) is 90.9. The third-order valence-electron chi connectivity index (χ3n) is 27.5. The van der Waals surface area contributed by atoms with Crippen LogP contribution in [0.1, 0.15) is 274 Å². The summed E-state index contributed by atoms with van der Waals surface area (Å²) in [5.41, 5.74) is 9.93. The Morgan fingerprint density at radius 2 is 0.973 bits per heavy atom. The first-order valence-electron chi connectivity index (χ1n) is 51.2. The number of hydrogen-bond donors (Lipinski definition) is 9. The van der Waals surface area contributed by atoms with E-state index in [1.54, 1.807) is 76.2 Å². The molecule has 14 rings (SSSR count). The predicted molar refractivity (Wildman–Crippen MR) is 560 cm³/mol. The summed E-state index contributed by atoms with van der Waals surface area (Å²) in [5.74, 6) is -6.92. The van der Waals surface area contributed by atoms with E-state index in [1.165, 1.54) is 22.0 Å². The van der Waals surface area contributed by atoms with E-state index in [1.807, 2.05) is 190 Å². The molecule has 3 aromatic heterocycles. The summed E-state index contributed by atoms with van der Waals surface area (Å²) in [6.45, 7) is 39.5. The number of cyclic esters (lactones) is 2. The van der Waals surface area contributed by atoms with Gasteiger partial charge in [-0.15, -0.1) is 0 Å². The molecule has 39 heteroatoms. The minimum Gasteiger partial charge on any atom is -0.460 e. The number of nitrogens with zero attached hydrogens (tertiary/aromatic N) is 6. The summed E-state index contributed by atoms with van der Waals surface area (Å²) >= 11 is 17.1. The van der Waals surface area contributed by atoms with E-state index in [0.717, 1.165) is 43.9 Å². The lowest BCUT2D eigenvalue weighted by molar-refractivity contribution is -0.177. The molecular formula is C109H146Cl3N15O21. The van der Waals surface area contributed by atoms with Crippen LogP contribution in [-0.2, 0) is 95.4 Å². The molecular weight excluding hydrogens is 1960 g/mol. The molecule has 0 aliphatic carbocycles. The Kier molecular flexibility index (Phi) is 37.6. The molecule has 0 radical (unpaired) electrons. The monoisotopic (exact) mass is 2110 g/mol. The van der Waals surface area contributed by atoms with Crippen LogP contribution in [0.3, 0.4) is 0 Å². The Hall–Kier alpha value is -11.4. The van der Waals surface area contributed by atoms with E-state index in [2.05, 4.69) is 48.2 Å². The van der Waals surface area contributed by atoms with E-state index >= 15 is 0 Å². The largest absolute Gasteiger partial charge is 0.460 e. The van der Waals surface area contributed by atoms with Crippen LogP contribution in [0.5, 0.6) is 0 Å². The van der Waals surface area contributed by atoms with Gasteiger partial charge in [-0.25, -0.2) is 21.1 Å². The molecule has 804 valence electrons. The van der Waals surface area contributed by atoms with Crippen LogP contribution in [0.2, 0.25) is 0 Å². The van der Waals surface area contributed by atoms with Crippen molar-refractivity contribution in [2.75, 3.05) is 46.1 Å². The number of amides is 9. The van der Waals surface area contributed by atoms with Crippen molar-refractivity contribution in [2.24, 2.45) is 34.0 Å². The first-order chi connectivity index (χ1) is 69.4. The lowest BCUT2D eigenvalue weighted by Gasteiger charge is -2.42. The van der Waals surface area contributed by atoms with Gasteiger partial charge in [-0.3, -0.25) is 87.5 Å². The summed E-state index contributed by atoms with van der Waals surface area (Å²) in [6, 6.07) is 22.9. The summed E-state index contributed by atoms with van der Waals surface area (Å²) in [4.78, 5) is 189. The van der Waals surface area contributed by atoms with Crippen LogP contribution in [0.15, 0.2) is 109 Å². The SMILES string of the molecule is CC(C)[C@@H]1OC(=O)[C@@]2(/C=C/c3ccc4ccc(nc4c3)[C@@H](C)NC(=O)[C@@H]3CCCN(N3)C(=O)[C@H](C)NC1=O)CCOC(C)(C)C2.CC(C)[C@@H]1OC(=O)[C@]2(/C=C/c3ccc4ccc(nc4c3)[C@@H](C)NC(=O)[C@@H]3CCCN(N3)C(=O)[C@H](C)NC1=O)CCOC(C)(C)C2.CC(C)[C@H](OC(=O)C1(/C=C/c2ccc3ccc([C@@H](C)NC(=O)OC(C)(C)C)nc3c2)CCOC(C)(C)C1)C(=O)N[C@@H](C)C(=O)N1CCC[C@@H](C(=O)OCC(Cl)(Cl)Cl)N1. The topological polar surface area (TPSA) is 452 Å². The molecule has 10 bridgehead atoms. The van der Waals surface area contributed by atoms with Gasteiger partial charge in [0.25, 0.3) is 35.4 Å². The zero-order valence-electron chi connectivity index (χ0n) is 88.6. The number of alkyl halides is 3. The van der Waals surface area contributed by atoms with E-state index in [4.69, 9.17) is 87.6 Å². The van der Waals surface area contributed by atoms with Crippen molar-refractivity contribution >= 4 is 163 Å². The minimum absolute atomic E-state index is 0.238. The van der Waals surface area contributed by atoms with Crippen LogP contribution >= 0.6 is 34.8 Å². The molecule has 1 unspecified atom stereocenters. The number of hydrogen-bond acceptors (Lipinski definition) is 27. The zero-order chi connectivity index (χ0) is 108. The maximum absolute atomic E-state index is 14.3. The number of rotatable bonds is 14. The molecule has 11 heterocycles. The summed E-state index contributed by atoms with van der Waals surface area (Å²) in [6.07, 6.45) is 12.5. The number of ether oxygens (including phenoxy) is 8. The average Bonchev–Trinajstić information content (AvgIpc) is 0.842. The quantitative estimate of drug-likeness (QED) is 0.0278. The number of carbonyl (C=O) groups is 13. The molecule has 8 aliphatic rings. The van der Waals surface area contributed by atoms with Crippen LogP contribution in [-0.4, -0.2) is 234 Å². The number of pyridine rings is 3. The third-order valence-corrected chi connectivity index (χ3v) is 27.8. The van der Waals surface area contributed by atoms with Crippen molar-refractivity contribution in [3.05, 3.63) is 143 Å². The van der Waals surface area contributed by atoms with Gasteiger partial charge in [-0.2, -0.15) is 0 Å². The van der Waals surface area contributed by atoms with Crippen LogP contribution in [0.4, 0.5) is 4.79 Å². The maximum atomic E-state index is 14.3. The molecule has 9 N–H and O–H groups in total. The normalized spacial score (nSPS) is 27.0. The Bertz CT molecular complexity index is 5780. The Balaban J connectivity index is 0.000000199. The fourth-order valence-corrected chi connectivity index (χ4v) is 19.7. The third kappa shape index (κ3) is 30.3. The summed E-state index contributed by atoms with van der Waals surface area (Å²) in [5, 5.41) is 23.9. The standard InChI is InChI=1S/C41H56Cl3N5O9.2C34H45N5O6/c1-24(2)32(33(50)45-26(4)34(51)49-19-10-11-30(48-49)35(52)55-23-41(42,43)44)57-36(53)40(18-20-56-39(8,9)22-40)17-16-27-12-13-28-14-15-29(47-31(28)21-27)25(3)46-37(54)58-38(5,6)7;2*1-20(2)28-30(41)36-22(4)31(42)39-16-7-8-26(38-39)29(40)35-21(3)25-12-11-24-10-9-23(18-27(24)37-25)13-14-34(32(43)45-28)15-17-44-33(5,6)19-34/h12-17,21,24-26,30,32,48H,10-11,18-20,22-23H2,1-9H3,(H,45,50)(H,46,54);2*9-14,18,20-22,26,28,38H,7-8,15-17,19H2,1-6H3,(H,35,40)(H,36,41)/b17-16+;2*14-13+/t25-,26+,30+,32+,40?;21-,22+,26+,28+,34+;21-,22+,26+,28+,34-/m111/s1. The van der Waals surface area contributed by atoms with Crippen molar-refractivity contribution in [3.63, 3.8) is 0 Å². The lowest BCUT2D eigenvalue weighted by Crippen LogP contribution is -2.61. The number of hydrazine groups is 3. The Morgan fingerprint density at radius 3 is 1.43 bits per heavy atom. The number of benzene rings is 3. The second-order valence-corrected chi connectivity index (χ2v) is 46.5. The number of esters is 4. The van der Waals surface area contributed by atoms with E-state index in [-0.39, 0.29) is 67.1 Å². The highest BCUT2D eigenvalue weighted by Gasteiger charge is 2.52. The van der Waals surface area contributed by atoms with E-state index < -0.39 is 169 Å². The number of aromatic nitrogens is 3. The molecule has 6 fully saturated rings. The van der Waals surface area contributed by atoms with Gasteiger partial charge < -0.3 is 69.8 Å². The van der Waals surface area contributed by atoms with Crippen LogP contribution in [0.25, 0.3) is 50.9 Å². The summed E-state index contributed by atoms with van der Waals surface area (Å²) in [7, 11) is 0. The van der Waals surface area contributed by atoms with Gasteiger partial charge in [0.1, 0.15) is 48.5 Å². The highest BCUT2D eigenvalue weighted by Crippen LogP contribution is 2.47. The molecule has 6 aromatic rings. The van der Waals surface area contributed by atoms with Crippen LogP contribution in [0, 0.1) is 34.0 Å². The van der Waals surface area contributed by atoms with Crippen molar-refractivity contribution < 1.29 is 100 Å². The fraction of sp³-hybridized carbons (Fsp3) is 0.578. The molecule has 148 heavy (non-hydrogen) atoms. The second-order valence-electron chi connectivity index (χ2n) is 44.0. The second kappa shape index (κ2) is 48.3. The fourth-order valence-electron chi connectivity index (χ4n) is 19.6. The molecule has 15 atom stereocenters.